The van der Waals surface area contributed by atoms with Crippen molar-refractivity contribution in [1.29, 1.82) is 0 Å². The van der Waals surface area contributed by atoms with Crippen LogP contribution < -0.4 is 4.90 Å². The molecule has 0 bridgehead atoms. The molecule has 1 aliphatic rings. The molecule has 1 amide bonds. The minimum Gasteiger partial charge on any atom is -0.463 e. The summed E-state index contributed by atoms with van der Waals surface area (Å²) >= 11 is 1.60. The van der Waals surface area contributed by atoms with Gasteiger partial charge in [-0.25, -0.2) is 9.40 Å². The number of nitrogens with zero attached hydrogens (tertiary/aromatic N) is 3. The number of furan rings is 1. The van der Waals surface area contributed by atoms with Crippen molar-refractivity contribution in [2.45, 2.75) is 19.4 Å². The van der Waals surface area contributed by atoms with Crippen molar-refractivity contribution < 1.29 is 13.6 Å². The Balaban J connectivity index is 1.59. The predicted molar refractivity (Wildman–Crippen MR) is 108 cm³/mol. The third-order valence-corrected chi connectivity index (χ3v) is 5.70. The van der Waals surface area contributed by atoms with Crippen LogP contribution >= 0.6 is 11.3 Å². The van der Waals surface area contributed by atoms with Gasteiger partial charge in [-0.05, 0) is 48.7 Å². The summed E-state index contributed by atoms with van der Waals surface area (Å²) in [4.78, 5) is 16.1. The van der Waals surface area contributed by atoms with Crippen LogP contribution in [-0.4, -0.2) is 29.7 Å². The van der Waals surface area contributed by atoms with E-state index in [0.29, 0.717) is 24.4 Å². The largest absolute Gasteiger partial charge is 0.463 e. The van der Waals surface area contributed by atoms with Gasteiger partial charge in [0.05, 0.1) is 18.8 Å². The van der Waals surface area contributed by atoms with Gasteiger partial charge >= 0.3 is 0 Å². The molecule has 28 heavy (non-hydrogen) atoms. The van der Waals surface area contributed by atoms with E-state index in [0.717, 1.165) is 10.6 Å². The van der Waals surface area contributed by atoms with Crippen molar-refractivity contribution in [3.05, 3.63) is 76.6 Å². The molecule has 0 aliphatic carbocycles. The Labute approximate surface area is 166 Å². The Morgan fingerprint density at radius 2 is 2.21 bits per heavy atom. The van der Waals surface area contributed by atoms with Gasteiger partial charge in [0.1, 0.15) is 17.3 Å². The molecular formula is C21H20FN3O2S. The number of rotatable bonds is 6. The summed E-state index contributed by atoms with van der Waals surface area (Å²) in [5.41, 5.74) is 1.43. The van der Waals surface area contributed by atoms with Gasteiger partial charge in [-0.1, -0.05) is 12.1 Å². The topological polar surface area (TPSA) is 49.1 Å². The summed E-state index contributed by atoms with van der Waals surface area (Å²) in [7, 11) is 0. The lowest BCUT2D eigenvalue weighted by Gasteiger charge is -2.27. The van der Waals surface area contributed by atoms with E-state index in [1.54, 1.807) is 34.7 Å². The molecule has 0 spiro atoms. The van der Waals surface area contributed by atoms with E-state index < -0.39 is 0 Å². The molecule has 0 radical (unpaired) electrons. The Bertz CT molecular complexity index is 969. The fourth-order valence-corrected chi connectivity index (χ4v) is 4.14. The molecule has 144 valence electrons. The van der Waals surface area contributed by atoms with Gasteiger partial charge in [0.2, 0.25) is 0 Å². The number of hydrogen-bond donors (Lipinski definition) is 0. The number of anilines is 1. The van der Waals surface area contributed by atoms with Crippen molar-refractivity contribution in [3.8, 4) is 0 Å². The van der Waals surface area contributed by atoms with Gasteiger partial charge < -0.3 is 9.32 Å². The highest BCUT2D eigenvalue weighted by Crippen LogP contribution is 2.35. The first-order chi connectivity index (χ1) is 13.7. The van der Waals surface area contributed by atoms with Crippen molar-refractivity contribution in [1.82, 2.24) is 5.01 Å². The summed E-state index contributed by atoms with van der Waals surface area (Å²) in [6, 6.07) is 13.8. The molecule has 1 aliphatic heterocycles. The molecular weight excluding hydrogens is 377 g/mol. The Morgan fingerprint density at radius 1 is 1.32 bits per heavy atom. The SMILES string of the molecule is CCN(CC(=O)N1N=C(c2ccco2)CC1c1cccs1)c1cccc(F)c1. The number of amides is 1. The standard InChI is InChI=1S/C21H20FN3O2S/c1-2-24(16-7-3-6-15(22)12-16)14-21(26)25-18(20-9-5-11-28-20)13-17(23-25)19-8-4-10-27-19/h3-12,18H,2,13-14H2,1H3. The molecule has 0 saturated heterocycles. The minimum absolute atomic E-state index is 0.122. The molecule has 4 rings (SSSR count). The average molecular weight is 397 g/mol. The number of hydrogen-bond acceptors (Lipinski definition) is 5. The van der Waals surface area contributed by atoms with Crippen LogP contribution in [0, 0.1) is 5.82 Å². The predicted octanol–water partition coefficient (Wildman–Crippen LogP) is 4.68. The molecule has 7 heteroatoms. The smallest absolute Gasteiger partial charge is 0.262 e. The number of likely N-dealkylation sites (N-methyl/N-ethyl adjacent to an activating group) is 1. The monoisotopic (exact) mass is 397 g/mol. The lowest BCUT2D eigenvalue weighted by atomic mass is 10.1. The highest BCUT2D eigenvalue weighted by atomic mass is 32.1. The van der Waals surface area contributed by atoms with Crippen LogP contribution in [0.4, 0.5) is 10.1 Å². The van der Waals surface area contributed by atoms with E-state index in [-0.39, 0.29) is 24.3 Å². The molecule has 0 saturated carbocycles. The fourth-order valence-electron chi connectivity index (χ4n) is 3.33. The molecule has 5 nitrogen and oxygen atoms in total. The van der Waals surface area contributed by atoms with Crippen LogP contribution in [0.2, 0.25) is 0 Å². The van der Waals surface area contributed by atoms with Crippen LogP contribution in [0.15, 0.2) is 69.7 Å². The number of thiophene rings is 1. The van der Waals surface area contributed by atoms with Crippen LogP contribution in [0.1, 0.15) is 30.0 Å². The summed E-state index contributed by atoms with van der Waals surface area (Å²) in [6.07, 6.45) is 2.21. The van der Waals surface area contributed by atoms with E-state index in [4.69, 9.17) is 4.42 Å². The Kier molecular flexibility index (Phi) is 5.25. The third-order valence-electron chi connectivity index (χ3n) is 4.72. The molecule has 0 N–H and O–H groups in total. The van der Waals surface area contributed by atoms with Gasteiger partial charge in [0, 0.05) is 23.5 Å². The van der Waals surface area contributed by atoms with Crippen molar-refractivity contribution in [2.75, 3.05) is 18.0 Å². The second-order valence-corrected chi connectivity index (χ2v) is 7.47. The van der Waals surface area contributed by atoms with E-state index >= 15 is 0 Å². The summed E-state index contributed by atoms with van der Waals surface area (Å²) < 4.78 is 19.1. The molecule has 3 aromatic rings. The van der Waals surface area contributed by atoms with E-state index in [2.05, 4.69) is 5.10 Å². The molecule has 2 aromatic heterocycles. The van der Waals surface area contributed by atoms with Crippen molar-refractivity contribution in [3.63, 3.8) is 0 Å². The fraction of sp³-hybridized carbons (Fsp3) is 0.238. The highest BCUT2D eigenvalue weighted by Gasteiger charge is 2.35. The number of benzene rings is 1. The quantitative estimate of drug-likeness (QED) is 0.607. The molecule has 1 aromatic carbocycles. The number of hydrazone groups is 1. The number of halogens is 1. The van der Waals surface area contributed by atoms with Gasteiger partial charge in [-0.2, -0.15) is 5.10 Å². The normalized spacial score (nSPS) is 16.3. The first-order valence-corrected chi connectivity index (χ1v) is 10.0. The zero-order valence-electron chi connectivity index (χ0n) is 15.4. The summed E-state index contributed by atoms with van der Waals surface area (Å²) in [6.45, 7) is 2.65. The second-order valence-electron chi connectivity index (χ2n) is 6.49. The van der Waals surface area contributed by atoms with Crippen LogP contribution in [0.25, 0.3) is 0 Å². The Hall–Kier alpha value is -2.93. The van der Waals surface area contributed by atoms with Crippen molar-refractivity contribution >= 4 is 28.6 Å². The first kappa shape index (κ1) is 18.4. The van der Waals surface area contributed by atoms with Crippen LogP contribution in [0.5, 0.6) is 0 Å². The maximum Gasteiger partial charge on any atom is 0.262 e. The molecule has 1 atom stereocenters. The second kappa shape index (κ2) is 7.98. The maximum atomic E-state index is 13.6. The summed E-state index contributed by atoms with van der Waals surface area (Å²) in [5.74, 6) is 0.222. The van der Waals surface area contributed by atoms with Gasteiger partial charge in [0.25, 0.3) is 5.91 Å². The van der Waals surface area contributed by atoms with Crippen LogP contribution in [-0.2, 0) is 4.79 Å². The van der Waals surface area contributed by atoms with Gasteiger partial charge in [0.15, 0.2) is 0 Å². The van der Waals surface area contributed by atoms with E-state index in [1.165, 1.54) is 12.1 Å². The number of carbonyl (C=O) groups excluding carboxylic acids is 1. The molecule has 1 unspecified atom stereocenters. The van der Waals surface area contributed by atoms with E-state index in [9.17, 15) is 9.18 Å². The number of carbonyl (C=O) groups is 1. The lowest BCUT2D eigenvalue weighted by molar-refractivity contribution is -0.131. The van der Waals surface area contributed by atoms with Gasteiger partial charge in [-0.15, -0.1) is 11.3 Å². The van der Waals surface area contributed by atoms with Crippen molar-refractivity contribution in [2.24, 2.45) is 5.10 Å². The Morgan fingerprint density at radius 3 is 2.89 bits per heavy atom. The zero-order chi connectivity index (χ0) is 19.5. The average Bonchev–Trinajstić information content (AvgIpc) is 3.46. The van der Waals surface area contributed by atoms with Crippen LogP contribution in [0.3, 0.4) is 0 Å². The van der Waals surface area contributed by atoms with E-state index in [1.807, 2.05) is 41.5 Å². The molecule has 0 fully saturated rings. The highest BCUT2D eigenvalue weighted by molar-refractivity contribution is 7.10. The first-order valence-electron chi connectivity index (χ1n) is 9.13. The maximum absolute atomic E-state index is 13.6. The van der Waals surface area contributed by atoms with Gasteiger partial charge in [-0.3, -0.25) is 4.79 Å². The minimum atomic E-state index is -0.320. The third kappa shape index (κ3) is 3.71. The zero-order valence-corrected chi connectivity index (χ0v) is 16.2. The molecule has 3 heterocycles. The lowest BCUT2D eigenvalue weighted by Crippen LogP contribution is -2.38. The summed E-state index contributed by atoms with van der Waals surface area (Å²) in [5, 5.41) is 8.12.